The van der Waals surface area contributed by atoms with Crippen LogP contribution in [0.1, 0.15) is 30.0 Å². The third kappa shape index (κ3) is 5.11. The molecule has 5 nitrogen and oxygen atoms in total. The van der Waals surface area contributed by atoms with E-state index in [1.165, 1.54) is 6.07 Å². The smallest absolute Gasteiger partial charge is 0.336 e. The average molecular weight is 435 g/mol. The van der Waals surface area contributed by atoms with Gasteiger partial charge in [0.05, 0.1) is 6.61 Å². The van der Waals surface area contributed by atoms with Crippen LogP contribution in [0.2, 0.25) is 10.0 Å². The van der Waals surface area contributed by atoms with Gasteiger partial charge < -0.3 is 13.9 Å². The van der Waals surface area contributed by atoms with Gasteiger partial charge >= 0.3 is 11.6 Å². The number of fused-ring (bicyclic) bond motifs is 1. The average Bonchev–Trinajstić information content (AvgIpc) is 2.66. The number of halogens is 2. The molecule has 0 saturated carbocycles. The lowest BCUT2D eigenvalue weighted by molar-refractivity contribution is -0.143. The number of hydrogen-bond donors (Lipinski definition) is 0. The minimum Gasteiger partial charge on any atom is -0.488 e. The minimum atomic E-state index is -0.436. The fourth-order valence-corrected chi connectivity index (χ4v) is 3.52. The Hall–Kier alpha value is -2.50. The maximum atomic E-state index is 11.8. The molecule has 0 spiro atoms. The molecule has 3 aromatic rings. The minimum absolute atomic E-state index is 0.131. The third-order valence-electron chi connectivity index (χ3n) is 4.47. The number of esters is 1. The van der Waals surface area contributed by atoms with Crippen molar-refractivity contribution in [3.63, 3.8) is 0 Å². The van der Waals surface area contributed by atoms with Gasteiger partial charge in [0.2, 0.25) is 0 Å². The van der Waals surface area contributed by atoms with Gasteiger partial charge in [-0.3, -0.25) is 4.79 Å². The molecule has 0 unspecified atom stereocenters. The van der Waals surface area contributed by atoms with Crippen LogP contribution in [0, 0.1) is 6.92 Å². The molecular weight excluding hydrogens is 415 g/mol. The van der Waals surface area contributed by atoms with Crippen molar-refractivity contribution in [1.29, 1.82) is 0 Å². The molecule has 29 heavy (non-hydrogen) atoms. The molecule has 1 heterocycles. The van der Waals surface area contributed by atoms with Crippen LogP contribution in [0.25, 0.3) is 11.0 Å². The largest absolute Gasteiger partial charge is 0.488 e. The number of benzene rings is 2. The first-order valence-corrected chi connectivity index (χ1v) is 9.93. The van der Waals surface area contributed by atoms with E-state index in [2.05, 4.69) is 0 Å². The van der Waals surface area contributed by atoms with E-state index < -0.39 is 5.63 Å². The second-order valence-corrected chi connectivity index (χ2v) is 7.31. The van der Waals surface area contributed by atoms with Crippen LogP contribution >= 0.6 is 23.2 Å². The lowest BCUT2D eigenvalue weighted by Crippen LogP contribution is -2.07. The van der Waals surface area contributed by atoms with E-state index >= 15 is 0 Å². The highest BCUT2D eigenvalue weighted by Gasteiger charge is 2.14. The summed E-state index contributed by atoms with van der Waals surface area (Å²) < 4.78 is 16.3. The Balaban J connectivity index is 1.96. The van der Waals surface area contributed by atoms with Gasteiger partial charge in [0.15, 0.2) is 0 Å². The van der Waals surface area contributed by atoms with Crippen molar-refractivity contribution >= 4 is 40.1 Å². The van der Waals surface area contributed by atoms with Gasteiger partial charge in [-0.15, -0.1) is 0 Å². The van der Waals surface area contributed by atoms with Crippen molar-refractivity contribution in [1.82, 2.24) is 0 Å². The number of ether oxygens (including phenoxy) is 2. The molecule has 2 aromatic carbocycles. The highest BCUT2D eigenvalue weighted by Crippen LogP contribution is 2.31. The third-order valence-corrected chi connectivity index (χ3v) is 5.18. The summed E-state index contributed by atoms with van der Waals surface area (Å²) in [6.07, 6.45) is 0.622. The van der Waals surface area contributed by atoms with Crippen LogP contribution in [0.3, 0.4) is 0 Å². The highest BCUT2D eigenvalue weighted by molar-refractivity contribution is 6.35. The summed E-state index contributed by atoms with van der Waals surface area (Å²) in [7, 11) is 0. The molecule has 0 N–H and O–H groups in total. The summed E-state index contributed by atoms with van der Waals surface area (Å²) in [5.74, 6) is 0.204. The highest BCUT2D eigenvalue weighted by atomic mass is 35.5. The molecule has 152 valence electrons. The maximum absolute atomic E-state index is 11.8. The van der Waals surface area contributed by atoms with Gasteiger partial charge in [-0.2, -0.15) is 0 Å². The molecule has 0 amide bonds. The molecule has 0 aliphatic heterocycles. The Bertz CT molecular complexity index is 1080. The van der Waals surface area contributed by atoms with Crippen LogP contribution in [0.5, 0.6) is 5.75 Å². The first kappa shape index (κ1) is 21.2. The van der Waals surface area contributed by atoms with Crippen molar-refractivity contribution in [3.05, 3.63) is 73.6 Å². The molecule has 0 radical (unpaired) electrons. The molecular formula is C22H20Cl2O5. The van der Waals surface area contributed by atoms with Crippen LogP contribution < -0.4 is 10.4 Å². The molecule has 3 rings (SSSR count). The van der Waals surface area contributed by atoms with Crippen LogP contribution in [0.15, 0.2) is 45.6 Å². The van der Waals surface area contributed by atoms with Gasteiger partial charge in [-0.1, -0.05) is 29.3 Å². The van der Waals surface area contributed by atoms with Crippen molar-refractivity contribution in [2.45, 2.75) is 33.3 Å². The molecule has 0 aliphatic rings. The second kappa shape index (κ2) is 9.33. The van der Waals surface area contributed by atoms with Gasteiger partial charge in [-0.25, -0.2) is 4.79 Å². The van der Waals surface area contributed by atoms with Crippen LogP contribution in [0.4, 0.5) is 0 Å². The molecule has 1 aromatic heterocycles. The molecule has 7 heteroatoms. The van der Waals surface area contributed by atoms with E-state index in [-0.39, 0.29) is 19.0 Å². The van der Waals surface area contributed by atoms with Crippen LogP contribution in [-0.2, 0) is 22.6 Å². The first-order valence-electron chi connectivity index (χ1n) is 9.17. The van der Waals surface area contributed by atoms with Gasteiger partial charge in [-0.05, 0) is 49.6 Å². The van der Waals surface area contributed by atoms with Crippen molar-refractivity contribution < 1.29 is 18.7 Å². The number of carbonyl (C=O) groups excluding carboxylic acids is 1. The molecule has 0 atom stereocenters. The van der Waals surface area contributed by atoms with Crippen LogP contribution in [-0.4, -0.2) is 12.6 Å². The predicted molar refractivity (Wildman–Crippen MR) is 113 cm³/mol. The Morgan fingerprint density at radius 3 is 2.55 bits per heavy atom. The van der Waals surface area contributed by atoms with Crippen molar-refractivity contribution in [3.8, 4) is 5.75 Å². The number of rotatable bonds is 7. The molecule has 0 bridgehead atoms. The molecule has 0 saturated heterocycles. The van der Waals surface area contributed by atoms with Gasteiger partial charge in [0.25, 0.3) is 0 Å². The van der Waals surface area contributed by atoms with Gasteiger partial charge in [0.1, 0.15) is 17.9 Å². The topological polar surface area (TPSA) is 65.7 Å². The zero-order chi connectivity index (χ0) is 21.0. The standard InChI is InChI=1S/C22H20Cl2O5/c1-3-27-21(25)8-7-14-10-15-13(2)9-22(26)29-20(15)11-19(14)28-12-16-17(23)5-4-6-18(16)24/h4-6,9-11H,3,7-8,12H2,1-2H3. The van der Waals surface area contributed by atoms with E-state index in [0.29, 0.717) is 40.0 Å². The monoisotopic (exact) mass is 434 g/mol. The summed E-state index contributed by atoms with van der Waals surface area (Å²) in [6, 6.07) is 10.2. The van der Waals surface area contributed by atoms with E-state index in [4.69, 9.17) is 37.1 Å². The Morgan fingerprint density at radius 1 is 1.14 bits per heavy atom. The number of carbonyl (C=O) groups is 1. The first-order chi connectivity index (χ1) is 13.9. The Morgan fingerprint density at radius 2 is 1.86 bits per heavy atom. The predicted octanol–water partition coefficient (Wildman–Crippen LogP) is 5.48. The molecule has 0 fully saturated rings. The van der Waals surface area contributed by atoms with E-state index in [1.54, 1.807) is 31.2 Å². The molecule has 0 aliphatic carbocycles. The lowest BCUT2D eigenvalue weighted by Gasteiger charge is -2.15. The summed E-state index contributed by atoms with van der Waals surface area (Å²) >= 11 is 12.4. The zero-order valence-corrected chi connectivity index (χ0v) is 17.6. The van der Waals surface area contributed by atoms with Crippen molar-refractivity contribution in [2.24, 2.45) is 0 Å². The lowest BCUT2D eigenvalue weighted by atomic mass is 10.0. The quantitative estimate of drug-likeness (QED) is 0.363. The Labute approximate surface area is 178 Å². The summed E-state index contributed by atoms with van der Waals surface area (Å²) in [6.45, 7) is 4.06. The fraction of sp³-hybridized carbons (Fsp3) is 0.273. The Kier molecular flexibility index (Phi) is 6.83. The van der Waals surface area contributed by atoms with E-state index in [9.17, 15) is 9.59 Å². The van der Waals surface area contributed by atoms with Gasteiger partial charge in [0, 0.05) is 39.5 Å². The number of aryl methyl sites for hydroxylation is 2. The summed E-state index contributed by atoms with van der Waals surface area (Å²) in [5.41, 5.74) is 2.21. The number of hydrogen-bond acceptors (Lipinski definition) is 5. The SMILES string of the molecule is CCOC(=O)CCc1cc2c(C)cc(=O)oc2cc1OCc1c(Cl)cccc1Cl. The second-order valence-electron chi connectivity index (χ2n) is 6.50. The van der Waals surface area contributed by atoms with E-state index in [0.717, 1.165) is 16.5 Å². The summed E-state index contributed by atoms with van der Waals surface area (Å²) in [5, 5.41) is 1.77. The zero-order valence-electron chi connectivity index (χ0n) is 16.1. The van der Waals surface area contributed by atoms with E-state index in [1.807, 2.05) is 13.0 Å². The maximum Gasteiger partial charge on any atom is 0.336 e. The summed E-state index contributed by atoms with van der Waals surface area (Å²) in [4.78, 5) is 23.6. The van der Waals surface area contributed by atoms with Crippen molar-refractivity contribution in [2.75, 3.05) is 6.61 Å². The fourth-order valence-electron chi connectivity index (χ4n) is 3.01. The normalized spacial score (nSPS) is 10.9.